The number of hydrogen-bond donors (Lipinski definition) is 1. The van der Waals surface area contributed by atoms with Gasteiger partial charge in [-0.1, -0.05) is 28.1 Å². The van der Waals surface area contributed by atoms with Crippen LogP contribution in [0.1, 0.15) is 21.5 Å². The average molecular weight is 315 g/mol. The quantitative estimate of drug-likeness (QED) is 0.730. The van der Waals surface area contributed by atoms with Crippen LogP contribution >= 0.6 is 15.9 Å². The van der Waals surface area contributed by atoms with Gasteiger partial charge >= 0.3 is 0 Å². The number of fused-ring (bicyclic) bond motifs is 1. The molecule has 3 rings (SSSR count). The highest BCUT2D eigenvalue weighted by atomic mass is 79.9. The number of carbonyl (C=O) groups is 1. The molecular weight excluding hydrogens is 304 g/mol. The number of nitrogens with zero attached hydrogens (tertiary/aromatic N) is 1. The standard InChI is InChI=1S/C15H11BrN2O/c1-9-10(4-2-6-13(9)16)14(19)12-8-18-15-11(12)5-3-7-17-15/h2-8H,1H3,(H,17,18). The van der Waals surface area contributed by atoms with Gasteiger partial charge in [0.1, 0.15) is 5.65 Å². The van der Waals surface area contributed by atoms with Gasteiger partial charge in [-0.05, 0) is 30.7 Å². The summed E-state index contributed by atoms with van der Waals surface area (Å²) in [5.41, 5.74) is 3.05. The molecular formula is C15H11BrN2O. The summed E-state index contributed by atoms with van der Waals surface area (Å²) >= 11 is 3.46. The van der Waals surface area contributed by atoms with Gasteiger partial charge in [-0.25, -0.2) is 4.98 Å². The number of hydrogen-bond acceptors (Lipinski definition) is 2. The third-order valence-corrected chi connectivity index (χ3v) is 4.07. The Hall–Kier alpha value is -1.94. The summed E-state index contributed by atoms with van der Waals surface area (Å²) in [6.45, 7) is 1.93. The van der Waals surface area contributed by atoms with Crippen LogP contribution in [0.5, 0.6) is 0 Å². The van der Waals surface area contributed by atoms with E-state index in [9.17, 15) is 4.79 Å². The van der Waals surface area contributed by atoms with Crippen molar-refractivity contribution in [2.75, 3.05) is 0 Å². The van der Waals surface area contributed by atoms with E-state index >= 15 is 0 Å². The van der Waals surface area contributed by atoms with Gasteiger partial charge < -0.3 is 4.98 Å². The molecule has 94 valence electrons. The number of H-pyrrole nitrogens is 1. The lowest BCUT2D eigenvalue weighted by Gasteiger charge is -2.05. The number of rotatable bonds is 2. The van der Waals surface area contributed by atoms with Crippen molar-refractivity contribution in [3.63, 3.8) is 0 Å². The Labute approximate surface area is 118 Å². The van der Waals surface area contributed by atoms with Gasteiger partial charge in [-0.3, -0.25) is 4.79 Å². The minimum atomic E-state index is 0.0121. The lowest BCUT2D eigenvalue weighted by Crippen LogP contribution is -2.03. The molecule has 0 aliphatic carbocycles. The predicted molar refractivity (Wildman–Crippen MR) is 78.4 cm³/mol. The van der Waals surface area contributed by atoms with Crippen LogP contribution in [-0.4, -0.2) is 15.8 Å². The molecule has 0 unspecified atom stereocenters. The van der Waals surface area contributed by atoms with Crippen molar-refractivity contribution >= 4 is 32.7 Å². The molecule has 0 aliphatic rings. The van der Waals surface area contributed by atoms with Crippen LogP contribution in [0.2, 0.25) is 0 Å². The van der Waals surface area contributed by atoms with Crippen LogP contribution in [0.15, 0.2) is 47.2 Å². The fourth-order valence-electron chi connectivity index (χ4n) is 2.14. The number of ketones is 1. The van der Waals surface area contributed by atoms with Crippen LogP contribution in [0.25, 0.3) is 11.0 Å². The lowest BCUT2D eigenvalue weighted by atomic mass is 9.99. The van der Waals surface area contributed by atoms with Crippen LogP contribution in [0.3, 0.4) is 0 Å². The molecule has 3 nitrogen and oxygen atoms in total. The van der Waals surface area contributed by atoms with Gasteiger partial charge in [0, 0.05) is 33.4 Å². The minimum Gasteiger partial charge on any atom is -0.345 e. The molecule has 0 aliphatic heterocycles. The maximum Gasteiger partial charge on any atom is 0.195 e. The molecule has 0 atom stereocenters. The second-order valence-corrected chi connectivity index (χ2v) is 5.20. The van der Waals surface area contributed by atoms with Crippen molar-refractivity contribution in [1.82, 2.24) is 9.97 Å². The molecule has 0 fully saturated rings. The second kappa shape index (κ2) is 4.63. The summed E-state index contributed by atoms with van der Waals surface area (Å²) < 4.78 is 0.941. The van der Waals surface area contributed by atoms with Crippen molar-refractivity contribution in [3.8, 4) is 0 Å². The molecule has 1 N–H and O–H groups in total. The van der Waals surface area contributed by atoms with E-state index in [2.05, 4.69) is 25.9 Å². The SMILES string of the molecule is Cc1c(Br)cccc1C(=O)c1c[nH]c2ncccc12. The average Bonchev–Trinajstić information content (AvgIpc) is 2.85. The fourth-order valence-corrected chi connectivity index (χ4v) is 2.51. The molecule has 3 aromatic rings. The maximum atomic E-state index is 12.6. The molecule has 4 heteroatoms. The topological polar surface area (TPSA) is 45.8 Å². The summed E-state index contributed by atoms with van der Waals surface area (Å²) in [7, 11) is 0. The number of pyridine rings is 1. The van der Waals surface area contributed by atoms with Crippen molar-refractivity contribution in [2.24, 2.45) is 0 Å². The first kappa shape index (κ1) is 12.1. The largest absolute Gasteiger partial charge is 0.345 e. The third kappa shape index (κ3) is 1.98. The van der Waals surface area contributed by atoms with Gasteiger partial charge in [-0.2, -0.15) is 0 Å². The molecule has 1 aromatic carbocycles. The van der Waals surface area contributed by atoms with E-state index in [1.54, 1.807) is 12.4 Å². The summed E-state index contributed by atoms with van der Waals surface area (Å²) in [6, 6.07) is 9.39. The van der Waals surface area contributed by atoms with E-state index < -0.39 is 0 Å². The maximum absolute atomic E-state index is 12.6. The van der Waals surface area contributed by atoms with E-state index in [1.165, 1.54) is 0 Å². The zero-order chi connectivity index (χ0) is 13.4. The highest BCUT2D eigenvalue weighted by Crippen LogP contribution is 2.24. The van der Waals surface area contributed by atoms with Crippen molar-refractivity contribution in [1.29, 1.82) is 0 Å². The smallest absolute Gasteiger partial charge is 0.195 e. The van der Waals surface area contributed by atoms with Crippen LogP contribution in [0, 0.1) is 6.92 Å². The first-order valence-electron chi connectivity index (χ1n) is 5.90. The number of halogens is 1. The summed E-state index contributed by atoms with van der Waals surface area (Å²) in [5, 5.41) is 0.854. The number of aromatic amines is 1. The van der Waals surface area contributed by atoms with Gasteiger partial charge in [0.2, 0.25) is 0 Å². The molecule has 2 aromatic heterocycles. The lowest BCUT2D eigenvalue weighted by molar-refractivity contribution is 0.103. The zero-order valence-electron chi connectivity index (χ0n) is 10.3. The Bertz CT molecular complexity index is 777. The van der Waals surface area contributed by atoms with E-state index in [0.717, 1.165) is 21.1 Å². The Morgan fingerprint density at radius 1 is 1.21 bits per heavy atom. The number of carbonyl (C=O) groups excluding carboxylic acids is 1. The van der Waals surface area contributed by atoms with E-state index in [1.807, 2.05) is 37.3 Å². The number of benzene rings is 1. The third-order valence-electron chi connectivity index (χ3n) is 3.21. The summed E-state index contributed by atoms with van der Waals surface area (Å²) in [6.07, 6.45) is 3.43. The van der Waals surface area contributed by atoms with Gasteiger partial charge in [0.25, 0.3) is 0 Å². The Balaban J connectivity index is 2.17. The number of aromatic nitrogens is 2. The van der Waals surface area contributed by atoms with E-state index in [0.29, 0.717) is 11.1 Å². The molecule has 0 bridgehead atoms. The second-order valence-electron chi connectivity index (χ2n) is 4.34. The van der Waals surface area contributed by atoms with E-state index in [-0.39, 0.29) is 5.78 Å². The van der Waals surface area contributed by atoms with Crippen LogP contribution < -0.4 is 0 Å². The highest BCUT2D eigenvalue weighted by Gasteiger charge is 2.17. The van der Waals surface area contributed by atoms with Crippen LogP contribution in [0.4, 0.5) is 0 Å². The Morgan fingerprint density at radius 3 is 2.89 bits per heavy atom. The first-order valence-corrected chi connectivity index (χ1v) is 6.69. The molecule has 0 amide bonds. The number of nitrogens with one attached hydrogen (secondary N) is 1. The monoisotopic (exact) mass is 314 g/mol. The molecule has 19 heavy (non-hydrogen) atoms. The van der Waals surface area contributed by atoms with Crippen molar-refractivity contribution < 1.29 is 4.79 Å². The van der Waals surface area contributed by atoms with Gasteiger partial charge in [0.15, 0.2) is 5.78 Å². The molecule has 2 heterocycles. The first-order chi connectivity index (χ1) is 9.18. The highest BCUT2D eigenvalue weighted by molar-refractivity contribution is 9.10. The van der Waals surface area contributed by atoms with E-state index in [4.69, 9.17) is 0 Å². The predicted octanol–water partition coefficient (Wildman–Crippen LogP) is 3.86. The van der Waals surface area contributed by atoms with Gasteiger partial charge in [0.05, 0.1) is 0 Å². The fraction of sp³-hybridized carbons (Fsp3) is 0.0667. The van der Waals surface area contributed by atoms with Crippen molar-refractivity contribution in [3.05, 3.63) is 63.9 Å². The van der Waals surface area contributed by atoms with Crippen molar-refractivity contribution in [2.45, 2.75) is 6.92 Å². The summed E-state index contributed by atoms with van der Waals surface area (Å²) in [5.74, 6) is 0.0121. The Kier molecular flexibility index (Phi) is 2.95. The van der Waals surface area contributed by atoms with Gasteiger partial charge in [-0.15, -0.1) is 0 Å². The Morgan fingerprint density at radius 2 is 2.05 bits per heavy atom. The zero-order valence-corrected chi connectivity index (χ0v) is 11.9. The van der Waals surface area contributed by atoms with Crippen LogP contribution in [-0.2, 0) is 0 Å². The molecule has 0 saturated heterocycles. The molecule has 0 saturated carbocycles. The molecule has 0 radical (unpaired) electrons. The normalized spacial score (nSPS) is 10.8. The molecule has 0 spiro atoms. The minimum absolute atomic E-state index is 0.0121. The summed E-state index contributed by atoms with van der Waals surface area (Å²) in [4.78, 5) is 19.9.